The Labute approximate surface area is 186 Å². The summed E-state index contributed by atoms with van der Waals surface area (Å²) in [6.07, 6.45) is -2.27. The van der Waals surface area contributed by atoms with Crippen molar-refractivity contribution in [3.05, 3.63) is 23.3 Å². The molecule has 1 saturated carbocycles. The molecule has 2 saturated heterocycles. The number of nitrogens with one attached hydrogen (secondary N) is 1. The molecule has 0 spiro atoms. The number of hydrogen-bond acceptors (Lipinski definition) is 9. The van der Waals surface area contributed by atoms with Gasteiger partial charge in [-0.05, 0) is 33.8 Å². The van der Waals surface area contributed by atoms with Crippen LogP contribution in [0.1, 0.15) is 43.6 Å². The lowest BCUT2D eigenvalue weighted by molar-refractivity contribution is -0.325. The highest BCUT2D eigenvalue weighted by Crippen LogP contribution is 2.60. The summed E-state index contributed by atoms with van der Waals surface area (Å²) in [5.41, 5.74) is -0.678. The molecule has 0 aromatic heterocycles. The molecule has 10 heteroatoms. The van der Waals surface area contributed by atoms with Crippen LogP contribution in [0.25, 0.3) is 0 Å². The van der Waals surface area contributed by atoms with Crippen LogP contribution in [0, 0.1) is 0 Å². The van der Waals surface area contributed by atoms with Crippen molar-refractivity contribution in [3.8, 4) is 11.5 Å². The number of rotatable bonds is 3. The zero-order valence-corrected chi connectivity index (χ0v) is 19.2. The van der Waals surface area contributed by atoms with E-state index in [1.54, 1.807) is 33.8 Å². The maximum Gasteiger partial charge on any atom is 0.256 e. The third-order valence-electron chi connectivity index (χ3n) is 6.81. The maximum atomic E-state index is 13.3. The van der Waals surface area contributed by atoms with Gasteiger partial charge < -0.3 is 43.6 Å². The Hall–Kier alpha value is -1.95. The molecule has 4 aliphatic rings. The fourth-order valence-electron chi connectivity index (χ4n) is 5.82. The van der Waals surface area contributed by atoms with Crippen molar-refractivity contribution in [1.82, 2.24) is 5.32 Å². The molecular weight excluding hydrogens is 422 g/mol. The molecule has 3 fully saturated rings. The number of phenolic OH excluding ortho intramolecular Hbond substituents is 1. The van der Waals surface area contributed by atoms with Gasteiger partial charge in [-0.1, -0.05) is 6.07 Å². The Morgan fingerprint density at radius 1 is 1.00 bits per heavy atom. The van der Waals surface area contributed by atoms with E-state index in [1.165, 1.54) is 27.4 Å². The molecule has 0 bridgehead atoms. The number of carbonyl (C=O) groups is 1. The van der Waals surface area contributed by atoms with E-state index in [2.05, 4.69) is 5.32 Å². The zero-order chi connectivity index (χ0) is 23.3. The number of benzene rings is 1. The molecule has 0 unspecified atom stereocenters. The van der Waals surface area contributed by atoms with Crippen LogP contribution in [0.2, 0.25) is 0 Å². The molecule has 0 radical (unpaired) electrons. The Kier molecular flexibility index (Phi) is 4.48. The van der Waals surface area contributed by atoms with E-state index in [9.17, 15) is 9.90 Å². The molecule has 6 atom stereocenters. The van der Waals surface area contributed by atoms with Crippen molar-refractivity contribution < 1.29 is 43.1 Å². The van der Waals surface area contributed by atoms with Gasteiger partial charge in [0.25, 0.3) is 5.91 Å². The smallest absolute Gasteiger partial charge is 0.256 e. The summed E-state index contributed by atoms with van der Waals surface area (Å²) in [7, 11) is 4.44. The van der Waals surface area contributed by atoms with E-state index in [0.29, 0.717) is 5.56 Å². The lowest BCUT2D eigenvalue weighted by Crippen LogP contribution is -2.78. The van der Waals surface area contributed by atoms with Crippen LogP contribution in [0.4, 0.5) is 0 Å². The van der Waals surface area contributed by atoms with Gasteiger partial charge in [-0.25, -0.2) is 0 Å². The second-order valence-electron chi connectivity index (χ2n) is 9.43. The van der Waals surface area contributed by atoms with E-state index < -0.39 is 53.2 Å². The van der Waals surface area contributed by atoms with Crippen LogP contribution >= 0.6 is 0 Å². The highest BCUT2D eigenvalue weighted by Gasteiger charge is 2.79. The highest BCUT2D eigenvalue weighted by molar-refractivity contribution is 6.01. The van der Waals surface area contributed by atoms with E-state index >= 15 is 0 Å². The second kappa shape index (κ2) is 6.55. The SMILES string of the molecule is COc1c(O)ccc2c1C(=O)N[C@H]1[C@@H]3OC(C)(C)O[C@@H]3[C@]3(OC)OC(C)(C)O[C@@H]3[C@]21OC. The molecule has 3 aliphatic heterocycles. The van der Waals surface area contributed by atoms with Crippen molar-refractivity contribution in [2.24, 2.45) is 0 Å². The third-order valence-corrected chi connectivity index (χ3v) is 6.81. The number of hydrogen-bond donors (Lipinski definition) is 2. The van der Waals surface area contributed by atoms with Gasteiger partial charge >= 0.3 is 0 Å². The van der Waals surface area contributed by atoms with Crippen molar-refractivity contribution in [2.75, 3.05) is 21.3 Å². The van der Waals surface area contributed by atoms with Gasteiger partial charge in [0, 0.05) is 19.8 Å². The first kappa shape index (κ1) is 21.9. The standard InChI is InChI=1S/C22H29NO9/c1-19(2)29-14-15-21(27-6,10-8-9-11(24)13(26-5)12(10)17(25)23-15)18-22(28-7,16(14)30-19)32-20(3,4)31-18/h8-9,14-16,18,24H,1-7H3,(H,23,25)/t14-,15-,16-,18+,21-,22-/m0/s1. The molecule has 32 heavy (non-hydrogen) atoms. The van der Waals surface area contributed by atoms with Gasteiger partial charge in [0.15, 0.2) is 29.2 Å². The van der Waals surface area contributed by atoms with Crippen LogP contribution < -0.4 is 10.1 Å². The summed E-state index contributed by atoms with van der Waals surface area (Å²) >= 11 is 0. The first-order valence-corrected chi connectivity index (χ1v) is 10.5. The van der Waals surface area contributed by atoms with Gasteiger partial charge in [-0.15, -0.1) is 0 Å². The van der Waals surface area contributed by atoms with E-state index in [1.807, 2.05) is 0 Å². The van der Waals surface area contributed by atoms with Crippen molar-refractivity contribution in [2.45, 2.75) is 75.0 Å². The minimum Gasteiger partial charge on any atom is -0.504 e. The van der Waals surface area contributed by atoms with Crippen LogP contribution in [-0.4, -0.2) is 74.1 Å². The Morgan fingerprint density at radius 3 is 2.34 bits per heavy atom. The predicted molar refractivity (Wildman–Crippen MR) is 108 cm³/mol. The van der Waals surface area contributed by atoms with E-state index in [4.69, 9.17) is 33.2 Å². The van der Waals surface area contributed by atoms with Gasteiger partial charge in [0.05, 0.1) is 18.7 Å². The summed E-state index contributed by atoms with van der Waals surface area (Å²) in [4.78, 5) is 13.3. The molecule has 2 N–H and O–H groups in total. The van der Waals surface area contributed by atoms with Crippen molar-refractivity contribution >= 4 is 5.91 Å². The zero-order valence-electron chi connectivity index (χ0n) is 19.2. The lowest BCUT2D eigenvalue weighted by atomic mass is 9.65. The molecule has 1 amide bonds. The summed E-state index contributed by atoms with van der Waals surface area (Å²) in [5.74, 6) is -3.97. The number of ether oxygens (including phenoxy) is 7. The number of phenols is 1. The summed E-state index contributed by atoms with van der Waals surface area (Å²) < 4.78 is 43.0. The lowest BCUT2D eigenvalue weighted by Gasteiger charge is -2.57. The van der Waals surface area contributed by atoms with Crippen molar-refractivity contribution in [3.63, 3.8) is 0 Å². The summed E-state index contributed by atoms with van der Waals surface area (Å²) in [6, 6.07) is 2.39. The quantitative estimate of drug-likeness (QED) is 0.704. The summed E-state index contributed by atoms with van der Waals surface area (Å²) in [5, 5.41) is 13.4. The highest BCUT2D eigenvalue weighted by atomic mass is 16.9. The number of aromatic hydroxyl groups is 1. The first-order valence-electron chi connectivity index (χ1n) is 10.5. The third kappa shape index (κ3) is 2.53. The average molecular weight is 451 g/mol. The van der Waals surface area contributed by atoms with Gasteiger partial charge in [-0.3, -0.25) is 4.79 Å². The van der Waals surface area contributed by atoms with Crippen LogP contribution in [-0.2, 0) is 34.0 Å². The average Bonchev–Trinajstić information content (AvgIpc) is 3.21. The minimum absolute atomic E-state index is 0.0436. The van der Waals surface area contributed by atoms with Gasteiger partial charge in [0.2, 0.25) is 5.79 Å². The fraction of sp³-hybridized carbons (Fsp3) is 0.682. The largest absolute Gasteiger partial charge is 0.504 e. The normalized spacial score (nSPS) is 40.7. The van der Waals surface area contributed by atoms with Crippen LogP contribution in [0.15, 0.2) is 12.1 Å². The van der Waals surface area contributed by atoms with Gasteiger partial charge in [0.1, 0.15) is 17.8 Å². The number of amides is 1. The molecule has 1 aliphatic carbocycles. The number of carbonyl (C=O) groups excluding carboxylic acids is 1. The fourth-order valence-corrected chi connectivity index (χ4v) is 5.82. The van der Waals surface area contributed by atoms with E-state index in [0.717, 1.165) is 0 Å². The number of methoxy groups -OCH3 is 3. The molecular formula is C22H29NO9. The Bertz CT molecular complexity index is 978. The minimum atomic E-state index is -1.40. The topological polar surface area (TPSA) is 114 Å². The first-order chi connectivity index (χ1) is 15.0. The molecule has 5 rings (SSSR count). The van der Waals surface area contributed by atoms with Crippen LogP contribution in [0.5, 0.6) is 11.5 Å². The van der Waals surface area contributed by atoms with Gasteiger partial charge in [-0.2, -0.15) is 0 Å². The molecule has 1 aromatic rings. The van der Waals surface area contributed by atoms with Crippen LogP contribution in [0.3, 0.4) is 0 Å². The Balaban J connectivity index is 1.82. The predicted octanol–water partition coefficient (Wildman–Crippen LogP) is 1.38. The molecule has 3 heterocycles. The Morgan fingerprint density at radius 2 is 1.72 bits per heavy atom. The molecule has 176 valence electrons. The maximum absolute atomic E-state index is 13.3. The number of fused-ring (bicyclic) bond motifs is 8. The van der Waals surface area contributed by atoms with E-state index in [-0.39, 0.29) is 17.1 Å². The summed E-state index contributed by atoms with van der Waals surface area (Å²) in [6.45, 7) is 7.14. The van der Waals surface area contributed by atoms with Crippen molar-refractivity contribution in [1.29, 1.82) is 0 Å². The monoisotopic (exact) mass is 451 g/mol. The molecule has 10 nitrogen and oxygen atoms in total. The molecule has 1 aromatic carbocycles. The second-order valence-corrected chi connectivity index (χ2v) is 9.43.